The van der Waals surface area contributed by atoms with Gasteiger partial charge in [0.05, 0.1) is 12.2 Å². The van der Waals surface area contributed by atoms with Crippen LogP contribution in [0, 0.1) is 5.92 Å². The Kier molecular flexibility index (Phi) is 6.68. The van der Waals surface area contributed by atoms with Crippen molar-refractivity contribution in [3.8, 4) is 0 Å². The molecule has 1 N–H and O–H groups in total. The first-order valence-electron chi connectivity index (χ1n) is 9.95. The van der Waals surface area contributed by atoms with Gasteiger partial charge in [-0.3, -0.25) is 9.69 Å². The number of amides is 1. The van der Waals surface area contributed by atoms with E-state index in [1.807, 2.05) is 24.1 Å². The highest BCUT2D eigenvalue weighted by molar-refractivity contribution is 5.94. The van der Waals surface area contributed by atoms with Gasteiger partial charge in [0.2, 0.25) is 0 Å². The third-order valence-corrected chi connectivity index (χ3v) is 5.50. The SMILES string of the molecule is CNCC1CCN(C(=O)c2ccc(CN3CC(C)OC(C)C3)cc2)CC1. The lowest BCUT2D eigenvalue weighted by Crippen LogP contribution is -2.44. The van der Waals surface area contributed by atoms with E-state index in [1.165, 1.54) is 5.56 Å². The van der Waals surface area contributed by atoms with Crippen molar-refractivity contribution in [2.24, 2.45) is 5.92 Å². The second-order valence-corrected chi connectivity index (χ2v) is 7.94. The smallest absolute Gasteiger partial charge is 0.253 e. The molecule has 0 aromatic heterocycles. The summed E-state index contributed by atoms with van der Waals surface area (Å²) in [4.78, 5) is 17.2. The number of hydrogen-bond donors (Lipinski definition) is 1. The maximum Gasteiger partial charge on any atom is 0.253 e. The molecule has 144 valence electrons. The largest absolute Gasteiger partial charge is 0.373 e. The number of likely N-dealkylation sites (tertiary alicyclic amines) is 1. The second kappa shape index (κ2) is 8.98. The van der Waals surface area contributed by atoms with E-state index in [0.29, 0.717) is 5.92 Å². The van der Waals surface area contributed by atoms with E-state index in [2.05, 4.69) is 36.2 Å². The predicted octanol–water partition coefficient (Wildman–Crippen LogP) is 2.37. The molecule has 2 aliphatic rings. The Morgan fingerprint density at radius 1 is 1.12 bits per heavy atom. The van der Waals surface area contributed by atoms with Crippen molar-refractivity contribution >= 4 is 5.91 Å². The van der Waals surface area contributed by atoms with Gasteiger partial charge in [-0.25, -0.2) is 0 Å². The highest BCUT2D eigenvalue weighted by Gasteiger charge is 2.24. The molecule has 2 aliphatic heterocycles. The molecular weight excluding hydrogens is 326 g/mol. The molecule has 1 aromatic carbocycles. The van der Waals surface area contributed by atoms with Crippen LogP contribution in [0.15, 0.2) is 24.3 Å². The highest BCUT2D eigenvalue weighted by atomic mass is 16.5. The molecule has 0 bridgehead atoms. The summed E-state index contributed by atoms with van der Waals surface area (Å²) < 4.78 is 5.80. The Labute approximate surface area is 157 Å². The van der Waals surface area contributed by atoms with Crippen molar-refractivity contribution < 1.29 is 9.53 Å². The van der Waals surface area contributed by atoms with Crippen LogP contribution < -0.4 is 5.32 Å². The minimum atomic E-state index is 0.174. The molecule has 5 heteroatoms. The first-order valence-corrected chi connectivity index (χ1v) is 9.95. The number of rotatable bonds is 5. The Morgan fingerprint density at radius 3 is 2.31 bits per heavy atom. The number of hydrogen-bond acceptors (Lipinski definition) is 4. The lowest BCUT2D eigenvalue weighted by Gasteiger charge is -2.35. The van der Waals surface area contributed by atoms with Crippen LogP contribution in [-0.2, 0) is 11.3 Å². The van der Waals surface area contributed by atoms with Crippen LogP contribution in [0.5, 0.6) is 0 Å². The molecule has 5 nitrogen and oxygen atoms in total. The van der Waals surface area contributed by atoms with Gasteiger partial charge >= 0.3 is 0 Å². The van der Waals surface area contributed by atoms with Gasteiger partial charge in [0.1, 0.15) is 0 Å². The number of morpholine rings is 1. The maximum absolute atomic E-state index is 12.7. The zero-order chi connectivity index (χ0) is 18.5. The van der Waals surface area contributed by atoms with E-state index in [0.717, 1.165) is 57.7 Å². The van der Waals surface area contributed by atoms with E-state index in [4.69, 9.17) is 4.74 Å². The fourth-order valence-electron chi connectivity index (χ4n) is 4.24. The van der Waals surface area contributed by atoms with Gasteiger partial charge in [0.25, 0.3) is 5.91 Å². The number of ether oxygens (including phenoxy) is 1. The summed E-state index contributed by atoms with van der Waals surface area (Å²) in [6, 6.07) is 8.19. The van der Waals surface area contributed by atoms with Gasteiger partial charge in [-0.15, -0.1) is 0 Å². The third-order valence-electron chi connectivity index (χ3n) is 5.50. The van der Waals surface area contributed by atoms with E-state index in [9.17, 15) is 4.79 Å². The minimum absolute atomic E-state index is 0.174. The molecule has 2 unspecified atom stereocenters. The number of carbonyl (C=O) groups is 1. The molecule has 2 saturated heterocycles. The van der Waals surface area contributed by atoms with Crippen molar-refractivity contribution in [3.05, 3.63) is 35.4 Å². The molecule has 2 atom stereocenters. The monoisotopic (exact) mass is 359 g/mol. The molecule has 2 fully saturated rings. The minimum Gasteiger partial charge on any atom is -0.373 e. The molecule has 1 amide bonds. The van der Waals surface area contributed by atoms with Crippen molar-refractivity contribution in [2.75, 3.05) is 39.8 Å². The van der Waals surface area contributed by atoms with E-state index >= 15 is 0 Å². The lowest BCUT2D eigenvalue weighted by molar-refractivity contribution is -0.0704. The summed E-state index contributed by atoms with van der Waals surface area (Å²) in [5.74, 6) is 0.873. The number of benzene rings is 1. The number of piperidine rings is 1. The predicted molar refractivity (Wildman–Crippen MR) is 104 cm³/mol. The van der Waals surface area contributed by atoms with Gasteiger partial charge in [0, 0.05) is 38.3 Å². The van der Waals surface area contributed by atoms with Crippen LogP contribution in [0.3, 0.4) is 0 Å². The summed E-state index contributed by atoms with van der Waals surface area (Å²) in [5.41, 5.74) is 2.07. The summed E-state index contributed by atoms with van der Waals surface area (Å²) in [7, 11) is 2.00. The van der Waals surface area contributed by atoms with E-state index < -0.39 is 0 Å². The molecule has 0 spiro atoms. The van der Waals surface area contributed by atoms with Gasteiger partial charge in [-0.2, -0.15) is 0 Å². The fraction of sp³-hybridized carbons (Fsp3) is 0.667. The summed E-state index contributed by atoms with van der Waals surface area (Å²) in [5, 5.41) is 3.24. The number of nitrogens with zero attached hydrogens (tertiary/aromatic N) is 2. The first kappa shape index (κ1) is 19.3. The lowest BCUT2D eigenvalue weighted by atomic mass is 9.96. The molecule has 0 saturated carbocycles. The van der Waals surface area contributed by atoms with Gasteiger partial charge in [0.15, 0.2) is 0 Å². The third kappa shape index (κ3) is 5.06. The number of carbonyl (C=O) groups excluding carboxylic acids is 1. The van der Waals surface area contributed by atoms with E-state index in [1.54, 1.807) is 0 Å². The zero-order valence-electron chi connectivity index (χ0n) is 16.4. The molecule has 0 aliphatic carbocycles. The highest BCUT2D eigenvalue weighted by Crippen LogP contribution is 2.19. The fourth-order valence-corrected chi connectivity index (χ4v) is 4.24. The first-order chi connectivity index (χ1) is 12.5. The summed E-state index contributed by atoms with van der Waals surface area (Å²) >= 11 is 0. The van der Waals surface area contributed by atoms with Crippen molar-refractivity contribution in [3.63, 3.8) is 0 Å². The van der Waals surface area contributed by atoms with Gasteiger partial charge in [-0.05, 0) is 63.9 Å². The Balaban J connectivity index is 1.53. The van der Waals surface area contributed by atoms with Crippen LogP contribution in [0.25, 0.3) is 0 Å². The Bertz CT molecular complexity index is 571. The summed E-state index contributed by atoms with van der Waals surface area (Å²) in [6.45, 7) is 9.90. The maximum atomic E-state index is 12.7. The molecule has 26 heavy (non-hydrogen) atoms. The molecular formula is C21H33N3O2. The van der Waals surface area contributed by atoms with Gasteiger partial charge in [-0.1, -0.05) is 12.1 Å². The van der Waals surface area contributed by atoms with Crippen molar-refractivity contribution in [1.29, 1.82) is 0 Å². The van der Waals surface area contributed by atoms with Crippen LogP contribution >= 0.6 is 0 Å². The van der Waals surface area contributed by atoms with Crippen LogP contribution in [0.4, 0.5) is 0 Å². The molecule has 3 rings (SSSR count). The van der Waals surface area contributed by atoms with Crippen LogP contribution in [-0.4, -0.2) is 67.7 Å². The van der Waals surface area contributed by atoms with Crippen molar-refractivity contribution in [2.45, 2.75) is 45.4 Å². The normalized spacial score (nSPS) is 25.4. The van der Waals surface area contributed by atoms with Gasteiger partial charge < -0.3 is 15.0 Å². The second-order valence-electron chi connectivity index (χ2n) is 7.94. The average Bonchev–Trinajstić information content (AvgIpc) is 2.62. The molecule has 1 aromatic rings. The van der Waals surface area contributed by atoms with Crippen LogP contribution in [0.2, 0.25) is 0 Å². The standard InChI is InChI=1S/C21H33N3O2/c1-16-13-23(14-17(2)26-16)15-19-4-6-20(7-5-19)21(25)24-10-8-18(9-11-24)12-22-3/h4-7,16-18,22H,8-15H2,1-3H3. The quantitative estimate of drug-likeness (QED) is 0.877. The average molecular weight is 360 g/mol. The number of nitrogens with one attached hydrogen (secondary N) is 1. The Hall–Kier alpha value is -1.43. The molecule has 0 radical (unpaired) electrons. The summed E-state index contributed by atoms with van der Waals surface area (Å²) in [6.07, 6.45) is 2.76. The molecule has 2 heterocycles. The Morgan fingerprint density at radius 2 is 1.73 bits per heavy atom. The van der Waals surface area contributed by atoms with Crippen molar-refractivity contribution in [1.82, 2.24) is 15.1 Å². The zero-order valence-corrected chi connectivity index (χ0v) is 16.4. The topological polar surface area (TPSA) is 44.8 Å². The van der Waals surface area contributed by atoms with Crippen LogP contribution in [0.1, 0.15) is 42.6 Å². The van der Waals surface area contributed by atoms with E-state index in [-0.39, 0.29) is 18.1 Å².